The van der Waals surface area contributed by atoms with E-state index in [0.29, 0.717) is 16.1 Å². The first-order valence-corrected chi connectivity index (χ1v) is 7.32. The Hall–Kier alpha value is -2.85. The van der Waals surface area contributed by atoms with Crippen molar-refractivity contribution in [3.8, 4) is 5.75 Å². The lowest BCUT2D eigenvalue weighted by Gasteiger charge is -2.05. The molecule has 4 nitrogen and oxygen atoms in total. The number of hydrogen-bond donors (Lipinski definition) is 2. The third-order valence-electron chi connectivity index (χ3n) is 3.39. The summed E-state index contributed by atoms with van der Waals surface area (Å²) in [6.45, 7) is 0. The van der Waals surface area contributed by atoms with Crippen LogP contribution in [0.1, 0.15) is 15.9 Å². The lowest BCUT2D eigenvalue weighted by Crippen LogP contribution is -2.17. The fourth-order valence-corrected chi connectivity index (χ4v) is 2.45. The number of nitrogens with zero attached hydrogens (tertiary/aromatic N) is 1. The summed E-state index contributed by atoms with van der Waals surface area (Å²) in [5.41, 5.74) is 3.43. The maximum absolute atomic E-state index is 12.3. The Labute approximate surface area is 138 Å². The van der Waals surface area contributed by atoms with E-state index in [9.17, 15) is 9.90 Å². The van der Waals surface area contributed by atoms with Crippen molar-refractivity contribution >= 4 is 34.5 Å². The van der Waals surface area contributed by atoms with Gasteiger partial charge in [-0.1, -0.05) is 48.0 Å². The molecule has 2 N–H and O–H groups in total. The van der Waals surface area contributed by atoms with Gasteiger partial charge in [-0.25, -0.2) is 5.43 Å². The van der Waals surface area contributed by atoms with Crippen LogP contribution >= 0.6 is 11.6 Å². The minimum atomic E-state index is -0.320. The molecule has 0 saturated carbocycles. The van der Waals surface area contributed by atoms with Gasteiger partial charge in [-0.15, -0.1) is 0 Å². The van der Waals surface area contributed by atoms with Crippen LogP contribution in [0.3, 0.4) is 0 Å². The molecule has 0 atom stereocenters. The first kappa shape index (κ1) is 15.1. The van der Waals surface area contributed by atoms with Crippen LogP contribution in [0.4, 0.5) is 0 Å². The third kappa shape index (κ3) is 3.33. The number of nitrogens with one attached hydrogen (secondary N) is 1. The monoisotopic (exact) mass is 324 g/mol. The molecular formula is C18H13ClN2O2. The molecule has 0 aliphatic heterocycles. The van der Waals surface area contributed by atoms with Gasteiger partial charge in [-0.3, -0.25) is 4.79 Å². The second-order valence-electron chi connectivity index (χ2n) is 4.93. The second-order valence-corrected chi connectivity index (χ2v) is 5.37. The van der Waals surface area contributed by atoms with Crippen LogP contribution in [0.5, 0.6) is 5.75 Å². The molecule has 0 aliphatic rings. The molecule has 0 fully saturated rings. The summed E-state index contributed by atoms with van der Waals surface area (Å²) in [6.07, 6.45) is 1.35. The van der Waals surface area contributed by atoms with Crippen LogP contribution in [-0.4, -0.2) is 17.2 Å². The highest BCUT2D eigenvalue weighted by Crippen LogP contribution is 2.20. The van der Waals surface area contributed by atoms with Crippen LogP contribution in [0.25, 0.3) is 10.8 Å². The lowest BCUT2D eigenvalue weighted by atomic mass is 10.0. The van der Waals surface area contributed by atoms with E-state index in [1.807, 2.05) is 36.4 Å². The molecule has 0 aromatic heterocycles. The SMILES string of the molecule is O=C(NN=Cc1cc(Cl)ccc1O)c1cccc2ccccc12. The highest BCUT2D eigenvalue weighted by atomic mass is 35.5. The maximum Gasteiger partial charge on any atom is 0.271 e. The number of rotatable bonds is 3. The van der Waals surface area contributed by atoms with Crippen molar-refractivity contribution in [2.45, 2.75) is 0 Å². The molecule has 0 unspecified atom stereocenters. The third-order valence-corrected chi connectivity index (χ3v) is 3.63. The van der Waals surface area contributed by atoms with Gasteiger partial charge in [0.05, 0.1) is 6.21 Å². The predicted molar refractivity (Wildman–Crippen MR) is 92.1 cm³/mol. The molecule has 5 heteroatoms. The van der Waals surface area contributed by atoms with Gasteiger partial charge >= 0.3 is 0 Å². The van der Waals surface area contributed by atoms with Gasteiger partial charge in [0.15, 0.2) is 0 Å². The van der Waals surface area contributed by atoms with E-state index >= 15 is 0 Å². The molecule has 1 amide bonds. The van der Waals surface area contributed by atoms with Crippen molar-refractivity contribution in [2.24, 2.45) is 5.10 Å². The van der Waals surface area contributed by atoms with Crippen LogP contribution in [0, 0.1) is 0 Å². The molecule has 0 saturated heterocycles. The Morgan fingerprint density at radius 1 is 1.09 bits per heavy atom. The van der Waals surface area contributed by atoms with Crippen LogP contribution in [0.2, 0.25) is 5.02 Å². The molecule has 3 rings (SSSR count). The highest BCUT2D eigenvalue weighted by Gasteiger charge is 2.08. The Morgan fingerprint density at radius 2 is 1.87 bits per heavy atom. The number of halogens is 1. The minimum absolute atomic E-state index is 0.0394. The smallest absolute Gasteiger partial charge is 0.271 e. The van der Waals surface area contributed by atoms with Crippen molar-refractivity contribution in [3.05, 3.63) is 76.8 Å². The molecule has 114 valence electrons. The molecule has 3 aromatic rings. The molecule has 0 radical (unpaired) electrons. The summed E-state index contributed by atoms with van der Waals surface area (Å²) < 4.78 is 0. The summed E-state index contributed by atoms with van der Waals surface area (Å²) in [7, 11) is 0. The van der Waals surface area contributed by atoms with E-state index in [4.69, 9.17) is 11.6 Å². The number of hydrogen-bond acceptors (Lipinski definition) is 3. The Kier molecular flexibility index (Phi) is 4.26. The lowest BCUT2D eigenvalue weighted by molar-refractivity contribution is 0.0957. The van der Waals surface area contributed by atoms with E-state index in [-0.39, 0.29) is 11.7 Å². The highest BCUT2D eigenvalue weighted by molar-refractivity contribution is 6.30. The Morgan fingerprint density at radius 3 is 2.74 bits per heavy atom. The topological polar surface area (TPSA) is 61.7 Å². The van der Waals surface area contributed by atoms with Crippen LogP contribution in [0.15, 0.2) is 65.8 Å². The Bertz CT molecular complexity index is 901. The standard InChI is InChI=1S/C18H13ClN2O2/c19-14-8-9-17(22)13(10-14)11-20-21-18(23)16-7-3-5-12-4-1-2-6-15(12)16/h1-11,22H,(H,21,23). The maximum atomic E-state index is 12.3. The van der Waals surface area contributed by atoms with Gasteiger partial charge in [-0.05, 0) is 35.0 Å². The van der Waals surface area contributed by atoms with Crippen LogP contribution < -0.4 is 5.43 Å². The average Bonchev–Trinajstić information content (AvgIpc) is 2.57. The number of fused-ring (bicyclic) bond motifs is 1. The minimum Gasteiger partial charge on any atom is -0.507 e. The summed E-state index contributed by atoms with van der Waals surface area (Å²) in [5, 5.41) is 15.9. The normalized spacial score (nSPS) is 11.0. The number of phenols is 1. The van der Waals surface area contributed by atoms with E-state index < -0.39 is 0 Å². The van der Waals surface area contributed by atoms with Crippen molar-refractivity contribution in [3.63, 3.8) is 0 Å². The molecule has 23 heavy (non-hydrogen) atoms. The molecule has 0 bridgehead atoms. The molecule has 3 aromatic carbocycles. The van der Waals surface area contributed by atoms with E-state index in [0.717, 1.165) is 10.8 Å². The number of amides is 1. The molecule has 0 spiro atoms. The molecule has 0 heterocycles. The largest absolute Gasteiger partial charge is 0.507 e. The van der Waals surface area contributed by atoms with Crippen LogP contribution in [-0.2, 0) is 0 Å². The number of phenolic OH excluding ortho intramolecular Hbond substituents is 1. The average molecular weight is 325 g/mol. The summed E-state index contributed by atoms with van der Waals surface area (Å²) >= 11 is 5.86. The fraction of sp³-hybridized carbons (Fsp3) is 0. The first-order valence-electron chi connectivity index (χ1n) is 6.95. The predicted octanol–water partition coefficient (Wildman–Crippen LogP) is 3.96. The number of aromatic hydroxyl groups is 1. The zero-order valence-electron chi connectivity index (χ0n) is 12.0. The first-order chi connectivity index (χ1) is 11.1. The second kappa shape index (κ2) is 6.50. The molecule has 0 aliphatic carbocycles. The fourth-order valence-electron chi connectivity index (χ4n) is 2.27. The zero-order valence-corrected chi connectivity index (χ0v) is 12.8. The van der Waals surface area contributed by atoms with Gasteiger partial charge in [0, 0.05) is 16.1 Å². The van der Waals surface area contributed by atoms with Gasteiger partial charge < -0.3 is 5.11 Å². The number of hydrazone groups is 1. The summed E-state index contributed by atoms with van der Waals surface area (Å²) in [6, 6.07) is 17.7. The van der Waals surface area contributed by atoms with Crippen molar-refractivity contribution in [2.75, 3.05) is 0 Å². The van der Waals surface area contributed by atoms with E-state index in [1.165, 1.54) is 12.3 Å². The van der Waals surface area contributed by atoms with Crippen molar-refractivity contribution < 1.29 is 9.90 Å². The summed E-state index contributed by atoms with van der Waals surface area (Å²) in [4.78, 5) is 12.3. The Balaban J connectivity index is 1.81. The molecular weight excluding hydrogens is 312 g/mol. The number of carbonyl (C=O) groups is 1. The zero-order chi connectivity index (χ0) is 16.2. The van der Waals surface area contributed by atoms with Gasteiger partial charge in [-0.2, -0.15) is 5.10 Å². The van der Waals surface area contributed by atoms with Crippen molar-refractivity contribution in [1.29, 1.82) is 0 Å². The quantitative estimate of drug-likeness (QED) is 0.566. The van der Waals surface area contributed by atoms with E-state index in [1.54, 1.807) is 18.2 Å². The van der Waals surface area contributed by atoms with Gasteiger partial charge in [0.25, 0.3) is 5.91 Å². The number of carbonyl (C=O) groups excluding carboxylic acids is 1. The summed E-state index contributed by atoms with van der Waals surface area (Å²) in [5.74, 6) is -0.280. The van der Waals surface area contributed by atoms with E-state index in [2.05, 4.69) is 10.5 Å². The van der Waals surface area contributed by atoms with Crippen molar-refractivity contribution in [1.82, 2.24) is 5.43 Å². The van der Waals surface area contributed by atoms with Gasteiger partial charge in [0.2, 0.25) is 0 Å². The number of benzene rings is 3. The van der Waals surface area contributed by atoms with Gasteiger partial charge in [0.1, 0.15) is 5.75 Å².